The lowest BCUT2D eigenvalue weighted by atomic mass is 10.2. The van der Waals surface area contributed by atoms with E-state index in [1.165, 1.54) is 12.3 Å². The Morgan fingerprint density at radius 1 is 1.35 bits per heavy atom. The Morgan fingerprint density at radius 2 is 2.00 bits per heavy atom. The number of hydrogen-bond acceptors (Lipinski definition) is 3. The summed E-state index contributed by atoms with van der Waals surface area (Å²) in [5.74, 6) is 0. The molecule has 0 radical (unpaired) electrons. The number of nitrogens with zero attached hydrogens (tertiary/aromatic N) is 1. The molecule has 0 saturated carbocycles. The zero-order valence-corrected chi connectivity index (χ0v) is 13.3. The van der Waals surface area contributed by atoms with Crippen molar-refractivity contribution in [3.63, 3.8) is 0 Å². The van der Waals surface area contributed by atoms with E-state index in [1.54, 1.807) is 6.07 Å². The summed E-state index contributed by atoms with van der Waals surface area (Å²) in [6.45, 7) is 0. The van der Waals surface area contributed by atoms with Gasteiger partial charge in [-0.25, -0.2) is 13.4 Å². The SMILES string of the molecule is O=S(=O)(c1cc(Br)c(-c2ccc(Cl)nc2)[nH]1)C(F)(F)Cl. The molecule has 0 unspecified atom stereocenters. The number of hydrogen-bond donors (Lipinski definition) is 1. The number of halogens is 5. The molecule has 0 bridgehead atoms. The van der Waals surface area contributed by atoms with E-state index >= 15 is 0 Å². The molecule has 0 saturated heterocycles. The van der Waals surface area contributed by atoms with Crippen LogP contribution in [0, 0.1) is 0 Å². The zero-order chi connectivity index (χ0) is 15.1. The van der Waals surface area contributed by atoms with E-state index in [4.69, 9.17) is 11.6 Å². The van der Waals surface area contributed by atoms with Crippen molar-refractivity contribution in [3.8, 4) is 11.3 Å². The van der Waals surface area contributed by atoms with E-state index in [0.29, 0.717) is 5.56 Å². The molecule has 0 amide bonds. The highest BCUT2D eigenvalue weighted by molar-refractivity contribution is 9.10. The molecule has 0 aliphatic rings. The van der Waals surface area contributed by atoms with Gasteiger partial charge in [0, 0.05) is 16.2 Å². The van der Waals surface area contributed by atoms with Gasteiger partial charge in [0.1, 0.15) is 10.2 Å². The van der Waals surface area contributed by atoms with Crippen LogP contribution >= 0.6 is 39.1 Å². The van der Waals surface area contributed by atoms with Crippen molar-refractivity contribution >= 4 is 49.0 Å². The van der Waals surface area contributed by atoms with Crippen LogP contribution in [-0.4, -0.2) is 23.1 Å². The second-order valence-electron chi connectivity index (χ2n) is 3.68. The Balaban J connectivity index is 2.53. The Hall–Kier alpha value is -0.700. The highest BCUT2D eigenvalue weighted by atomic mass is 79.9. The molecule has 2 rings (SSSR count). The second-order valence-corrected chi connectivity index (χ2v) is 7.58. The van der Waals surface area contributed by atoms with Crippen LogP contribution in [0.3, 0.4) is 0 Å². The summed E-state index contributed by atoms with van der Waals surface area (Å²) in [4.78, 5) is 6.20. The van der Waals surface area contributed by atoms with Gasteiger partial charge in [-0.3, -0.25) is 0 Å². The van der Waals surface area contributed by atoms with Gasteiger partial charge in [-0.1, -0.05) is 11.6 Å². The lowest BCUT2D eigenvalue weighted by Crippen LogP contribution is -2.22. The second kappa shape index (κ2) is 5.25. The lowest BCUT2D eigenvalue weighted by molar-refractivity contribution is 0.186. The number of aromatic nitrogens is 2. The largest absolute Gasteiger partial charge is 0.428 e. The summed E-state index contributed by atoms with van der Waals surface area (Å²) in [5.41, 5.74) is 0.745. The monoisotopic (exact) mass is 404 g/mol. The maximum absolute atomic E-state index is 12.9. The normalized spacial score (nSPS) is 12.7. The Morgan fingerprint density at radius 3 is 2.50 bits per heavy atom. The summed E-state index contributed by atoms with van der Waals surface area (Å²) >= 11 is 13.3. The molecule has 108 valence electrons. The standard InChI is InChI=1S/C10H5BrCl2F2N2O2S/c11-6-3-8(20(18,19)10(13,14)15)17-9(6)5-1-2-7(12)16-4-5/h1-4,17H. The smallest absolute Gasteiger partial charge is 0.344 e. The molecule has 10 heteroatoms. The lowest BCUT2D eigenvalue weighted by Gasteiger charge is -2.07. The van der Waals surface area contributed by atoms with Gasteiger partial charge in [0.05, 0.1) is 5.69 Å². The third-order valence-electron chi connectivity index (χ3n) is 2.36. The summed E-state index contributed by atoms with van der Waals surface area (Å²) in [6, 6.07) is 4.05. The van der Waals surface area contributed by atoms with E-state index in [-0.39, 0.29) is 15.3 Å². The van der Waals surface area contributed by atoms with Crippen LogP contribution in [0.5, 0.6) is 0 Å². The third kappa shape index (κ3) is 2.83. The van der Waals surface area contributed by atoms with Crippen LogP contribution in [0.1, 0.15) is 0 Å². The number of rotatable bonds is 3. The minimum atomic E-state index is -4.99. The van der Waals surface area contributed by atoms with Crippen molar-refractivity contribution in [2.45, 2.75) is 9.74 Å². The molecule has 4 nitrogen and oxygen atoms in total. The van der Waals surface area contributed by atoms with Crippen molar-refractivity contribution in [3.05, 3.63) is 34.0 Å². The minimum Gasteiger partial charge on any atom is -0.344 e. The molecule has 0 aliphatic heterocycles. The molecule has 2 aromatic heterocycles. The van der Waals surface area contributed by atoms with Gasteiger partial charge in [0.15, 0.2) is 0 Å². The molecule has 0 spiro atoms. The first kappa shape index (κ1) is 15.7. The molecule has 20 heavy (non-hydrogen) atoms. The van der Waals surface area contributed by atoms with Crippen molar-refractivity contribution in [2.75, 3.05) is 0 Å². The predicted octanol–water partition coefficient (Wildman–Crippen LogP) is 4.06. The van der Waals surface area contributed by atoms with Gasteiger partial charge in [-0.2, -0.15) is 8.78 Å². The van der Waals surface area contributed by atoms with Crippen molar-refractivity contribution in [1.82, 2.24) is 9.97 Å². The number of H-pyrrole nitrogens is 1. The molecule has 0 fully saturated rings. The van der Waals surface area contributed by atoms with E-state index in [9.17, 15) is 17.2 Å². The average Bonchev–Trinajstić information content (AvgIpc) is 2.71. The van der Waals surface area contributed by atoms with Gasteiger partial charge in [-0.05, 0) is 45.7 Å². The number of alkyl halides is 3. The van der Waals surface area contributed by atoms with E-state index < -0.39 is 19.6 Å². The molecule has 0 atom stereocenters. The number of sulfone groups is 1. The van der Waals surface area contributed by atoms with Crippen molar-refractivity contribution in [2.24, 2.45) is 0 Å². The fourth-order valence-electron chi connectivity index (χ4n) is 1.41. The number of nitrogens with one attached hydrogen (secondary N) is 1. The summed E-state index contributed by atoms with van der Waals surface area (Å²) in [6.07, 6.45) is 1.37. The van der Waals surface area contributed by atoms with Gasteiger partial charge in [0.2, 0.25) is 0 Å². The molecule has 2 heterocycles. The zero-order valence-electron chi connectivity index (χ0n) is 9.37. The van der Waals surface area contributed by atoms with Gasteiger partial charge in [0.25, 0.3) is 9.84 Å². The molecule has 0 aromatic carbocycles. The Labute approximate surface area is 131 Å². The van der Waals surface area contributed by atoms with Crippen LogP contribution in [0.4, 0.5) is 8.78 Å². The predicted molar refractivity (Wildman–Crippen MR) is 74.7 cm³/mol. The third-order valence-corrected chi connectivity index (χ3v) is 5.22. The highest BCUT2D eigenvalue weighted by Gasteiger charge is 2.45. The van der Waals surface area contributed by atoms with Crippen LogP contribution in [0.2, 0.25) is 5.15 Å². The highest BCUT2D eigenvalue weighted by Crippen LogP contribution is 2.36. The Kier molecular flexibility index (Phi) is 4.12. The number of pyridine rings is 1. The molecular formula is C10H5BrCl2F2N2O2S. The van der Waals surface area contributed by atoms with Crippen LogP contribution in [0.25, 0.3) is 11.3 Å². The van der Waals surface area contributed by atoms with Gasteiger partial charge >= 0.3 is 4.71 Å². The summed E-state index contributed by atoms with van der Waals surface area (Å²) in [5, 5.41) is -0.453. The molecule has 1 N–H and O–H groups in total. The fourth-order valence-corrected chi connectivity index (χ4v) is 3.24. The summed E-state index contributed by atoms with van der Waals surface area (Å²) < 4.78 is 44.7. The topological polar surface area (TPSA) is 62.8 Å². The quantitative estimate of drug-likeness (QED) is 0.618. The first-order chi connectivity index (χ1) is 9.13. The Bertz CT molecular complexity index is 742. The minimum absolute atomic E-state index is 0.247. The first-order valence-corrected chi connectivity index (χ1v) is 7.98. The van der Waals surface area contributed by atoms with E-state index in [2.05, 4.69) is 37.5 Å². The van der Waals surface area contributed by atoms with Crippen LogP contribution < -0.4 is 0 Å². The van der Waals surface area contributed by atoms with Crippen LogP contribution in [0.15, 0.2) is 33.9 Å². The van der Waals surface area contributed by atoms with Gasteiger partial charge in [-0.15, -0.1) is 0 Å². The maximum Gasteiger partial charge on any atom is 0.428 e. The van der Waals surface area contributed by atoms with Crippen molar-refractivity contribution < 1.29 is 17.2 Å². The molecule has 2 aromatic rings. The van der Waals surface area contributed by atoms with Gasteiger partial charge < -0.3 is 4.98 Å². The number of aromatic amines is 1. The first-order valence-electron chi connectivity index (χ1n) is 4.95. The molecule has 0 aliphatic carbocycles. The van der Waals surface area contributed by atoms with E-state index in [0.717, 1.165) is 6.07 Å². The summed E-state index contributed by atoms with van der Waals surface area (Å²) in [7, 11) is -4.99. The average molecular weight is 406 g/mol. The molecular weight excluding hydrogens is 401 g/mol. The van der Waals surface area contributed by atoms with Crippen molar-refractivity contribution in [1.29, 1.82) is 0 Å². The fraction of sp³-hybridized carbons (Fsp3) is 0.100. The van der Waals surface area contributed by atoms with E-state index in [1.807, 2.05) is 0 Å². The van der Waals surface area contributed by atoms with Crippen LogP contribution in [-0.2, 0) is 9.84 Å². The maximum atomic E-state index is 12.9.